The fraction of sp³-hybridized carbons (Fsp3) is 0.273. The van der Waals surface area contributed by atoms with E-state index in [1.54, 1.807) is 23.9 Å². The Kier molecular flexibility index (Phi) is 6.15. The predicted molar refractivity (Wildman–Crippen MR) is 76.6 cm³/mol. The zero-order valence-corrected chi connectivity index (χ0v) is 11.8. The molecule has 88 valence electrons. The van der Waals surface area contributed by atoms with E-state index in [-0.39, 0.29) is 5.82 Å². The Morgan fingerprint density at radius 1 is 1.56 bits per heavy atom. The summed E-state index contributed by atoms with van der Waals surface area (Å²) in [5, 5.41) is 3.89. The quantitative estimate of drug-likeness (QED) is 0.774. The zero-order chi connectivity index (χ0) is 12.0. The first-order valence-corrected chi connectivity index (χ1v) is 6.90. The van der Waals surface area contributed by atoms with Gasteiger partial charge < -0.3 is 11.1 Å². The van der Waals surface area contributed by atoms with Gasteiger partial charge in [-0.05, 0) is 28.7 Å². The van der Waals surface area contributed by atoms with Gasteiger partial charge in [-0.3, -0.25) is 0 Å². The Bertz CT molecular complexity index is 371. The van der Waals surface area contributed by atoms with Crippen LogP contribution in [0.2, 0.25) is 0 Å². The molecule has 1 aromatic carbocycles. The molecule has 1 rings (SSSR count). The van der Waals surface area contributed by atoms with E-state index in [1.165, 1.54) is 0 Å². The smallest absolute Gasteiger partial charge is 0.141 e. The van der Waals surface area contributed by atoms with Crippen molar-refractivity contribution in [3.8, 4) is 0 Å². The molecule has 0 saturated carbocycles. The third-order valence-electron chi connectivity index (χ3n) is 1.90. The Balaban J connectivity index is 2.48. The predicted octanol–water partition coefficient (Wildman–Crippen LogP) is 2.68. The molecule has 16 heavy (non-hydrogen) atoms. The van der Waals surface area contributed by atoms with Crippen LogP contribution >= 0.6 is 34.4 Å². The highest BCUT2D eigenvalue weighted by Gasteiger charge is 2.05. The summed E-state index contributed by atoms with van der Waals surface area (Å²) in [6.45, 7) is 4.90. The molecule has 3 N–H and O–H groups in total. The van der Waals surface area contributed by atoms with Crippen molar-refractivity contribution < 1.29 is 4.39 Å². The van der Waals surface area contributed by atoms with Crippen LogP contribution < -0.4 is 11.1 Å². The monoisotopic (exact) mass is 352 g/mol. The van der Waals surface area contributed by atoms with Crippen LogP contribution in [0.15, 0.2) is 29.8 Å². The maximum Gasteiger partial charge on any atom is 0.141 e. The summed E-state index contributed by atoms with van der Waals surface area (Å²) in [5.41, 5.74) is 6.03. The average molecular weight is 352 g/mol. The molecule has 2 nitrogen and oxygen atoms in total. The van der Waals surface area contributed by atoms with Crippen molar-refractivity contribution in [1.29, 1.82) is 0 Å². The normalized spacial score (nSPS) is 10.2. The van der Waals surface area contributed by atoms with Crippen LogP contribution in [-0.2, 0) is 6.54 Å². The van der Waals surface area contributed by atoms with Crippen molar-refractivity contribution in [3.63, 3.8) is 0 Å². The molecular weight excluding hydrogens is 338 g/mol. The first kappa shape index (κ1) is 13.8. The first-order valence-electron chi connectivity index (χ1n) is 4.83. The molecule has 0 spiro atoms. The van der Waals surface area contributed by atoms with Crippen LogP contribution in [0.1, 0.15) is 5.56 Å². The van der Waals surface area contributed by atoms with E-state index in [1.807, 2.05) is 28.7 Å². The van der Waals surface area contributed by atoms with Gasteiger partial charge in [-0.25, -0.2) is 4.39 Å². The summed E-state index contributed by atoms with van der Waals surface area (Å²) in [6.07, 6.45) is 0. The van der Waals surface area contributed by atoms with E-state index in [2.05, 4.69) is 11.9 Å². The molecule has 0 amide bonds. The first-order chi connectivity index (χ1) is 7.65. The molecule has 0 unspecified atom stereocenters. The van der Waals surface area contributed by atoms with Gasteiger partial charge in [0.15, 0.2) is 0 Å². The van der Waals surface area contributed by atoms with E-state index in [0.29, 0.717) is 22.2 Å². The second kappa shape index (κ2) is 7.13. The van der Waals surface area contributed by atoms with Gasteiger partial charge in [0, 0.05) is 28.0 Å². The van der Waals surface area contributed by atoms with Crippen LogP contribution in [-0.4, -0.2) is 12.3 Å². The Labute approximate surface area is 113 Å². The average Bonchev–Trinajstić information content (AvgIpc) is 2.28. The summed E-state index contributed by atoms with van der Waals surface area (Å²) in [5.74, 6) is 0.660. The highest BCUT2D eigenvalue weighted by Crippen LogP contribution is 2.16. The van der Waals surface area contributed by atoms with Crippen molar-refractivity contribution in [3.05, 3.63) is 44.8 Å². The maximum atomic E-state index is 13.6. The van der Waals surface area contributed by atoms with Gasteiger partial charge in [0.1, 0.15) is 5.82 Å². The molecule has 0 bridgehead atoms. The molecule has 0 aliphatic carbocycles. The van der Waals surface area contributed by atoms with E-state index >= 15 is 0 Å². The van der Waals surface area contributed by atoms with Gasteiger partial charge in [-0.2, -0.15) is 0 Å². The number of hydrogen-bond donors (Lipinski definition) is 2. The molecule has 0 aliphatic rings. The fourth-order valence-electron chi connectivity index (χ4n) is 1.11. The standard InChI is InChI=1S/C11H14FIN2S/c1-8(16-6-5-14)15-7-9-3-2-4-10(13)11(9)12/h2-4,15H,1,5-7,14H2. The van der Waals surface area contributed by atoms with Crippen LogP contribution in [0.5, 0.6) is 0 Å². The SMILES string of the molecule is C=C(NCc1cccc(I)c1F)SCCN. The van der Waals surface area contributed by atoms with Gasteiger partial charge in [-0.15, -0.1) is 11.8 Å². The van der Waals surface area contributed by atoms with E-state index in [9.17, 15) is 4.39 Å². The van der Waals surface area contributed by atoms with Gasteiger partial charge in [0.05, 0.1) is 5.03 Å². The van der Waals surface area contributed by atoms with Crippen LogP contribution in [0.4, 0.5) is 4.39 Å². The van der Waals surface area contributed by atoms with Crippen molar-refractivity contribution in [2.75, 3.05) is 12.3 Å². The van der Waals surface area contributed by atoms with Crippen molar-refractivity contribution >= 4 is 34.4 Å². The Hall–Kier alpha value is -0.270. The minimum atomic E-state index is -0.160. The number of nitrogens with two attached hydrogens (primary N) is 1. The summed E-state index contributed by atoms with van der Waals surface area (Å²) in [7, 11) is 0. The van der Waals surface area contributed by atoms with Gasteiger partial charge in [-0.1, -0.05) is 18.7 Å². The lowest BCUT2D eigenvalue weighted by atomic mass is 10.2. The van der Waals surface area contributed by atoms with Crippen LogP contribution in [0.25, 0.3) is 0 Å². The Morgan fingerprint density at radius 3 is 3.00 bits per heavy atom. The largest absolute Gasteiger partial charge is 0.376 e. The van der Waals surface area contributed by atoms with Gasteiger partial charge >= 0.3 is 0 Å². The lowest BCUT2D eigenvalue weighted by Gasteiger charge is -2.09. The number of nitrogens with one attached hydrogen (secondary N) is 1. The zero-order valence-electron chi connectivity index (χ0n) is 8.80. The molecule has 0 heterocycles. The summed E-state index contributed by atoms with van der Waals surface area (Å²) in [6, 6.07) is 5.36. The molecule has 0 atom stereocenters. The summed E-state index contributed by atoms with van der Waals surface area (Å²) in [4.78, 5) is 0. The summed E-state index contributed by atoms with van der Waals surface area (Å²) >= 11 is 3.53. The second-order valence-electron chi connectivity index (χ2n) is 3.13. The molecule has 5 heteroatoms. The third-order valence-corrected chi connectivity index (χ3v) is 3.67. The number of halogens is 2. The number of thioether (sulfide) groups is 1. The molecule has 0 aliphatic heterocycles. The second-order valence-corrected chi connectivity index (χ2v) is 5.48. The van der Waals surface area contributed by atoms with Crippen LogP contribution in [0.3, 0.4) is 0 Å². The molecule has 0 saturated heterocycles. The summed E-state index contributed by atoms with van der Waals surface area (Å²) < 4.78 is 14.2. The number of hydrogen-bond acceptors (Lipinski definition) is 3. The molecule has 0 aromatic heterocycles. The lowest BCUT2D eigenvalue weighted by molar-refractivity contribution is 0.596. The van der Waals surface area contributed by atoms with E-state index < -0.39 is 0 Å². The van der Waals surface area contributed by atoms with Gasteiger partial charge in [0.25, 0.3) is 0 Å². The van der Waals surface area contributed by atoms with Crippen LogP contribution in [0, 0.1) is 9.39 Å². The highest BCUT2D eigenvalue weighted by molar-refractivity contribution is 14.1. The molecule has 0 fully saturated rings. The van der Waals surface area contributed by atoms with Crippen molar-refractivity contribution in [2.24, 2.45) is 5.73 Å². The van der Waals surface area contributed by atoms with Gasteiger partial charge in [0.2, 0.25) is 0 Å². The lowest BCUT2D eigenvalue weighted by Crippen LogP contribution is -2.13. The number of benzene rings is 1. The van der Waals surface area contributed by atoms with E-state index in [4.69, 9.17) is 5.73 Å². The van der Waals surface area contributed by atoms with Crippen molar-refractivity contribution in [1.82, 2.24) is 5.32 Å². The molecule has 1 aromatic rings. The van der Waals surface area contributed by atoms with Crippen molar-refractivity contribution in [2.45, 2.75) is 6.54 Å². The van der Waals surface area contributed by atoms with E-state index in [0.717, 1.165) is 10.8 Å². The maximum absolute atomic E-state index is 13.6. The molecule has 0 radical (unpaired) electrons. The topological polar surface area (TPSA) is 38.0 Å². The number of rotatable bonds is 6. The minimum Gasteiger partial charge on any atom is -0.376 e. The fourth-order valence-corrected chi connectivity index (χ4v) is 2.20. The molecular formula is C11H14FIN2S. The third kappa shape index (κ3) is 4.31. The highest BCUT2D eigenvalue weighted by atomic mass is 127. The Morgan fingerprint density at radius 2 is 2.31 bits per heavy atom. The minimum absolute atomic E-state index is 0.160.